The van der Waals surface area contributed by atoms with E-state index in [0.717, 1.165) is 29.5 Å². The molecule has 0 saturated heterocycles. The van der Waals surface area contributed by atoms with Crippen molar-refractivity contribution in [2.75, 3.05) is 6.61 Å². The smallest absolute Gasteiger partial charge is 0.258 e. The Hall–Kier alpha value is -1.61. The zero-order chi connectivity index (χ0) is 11.1. The summed E-state index contributed by atoms with van der Waals surface area (Å²) in [6.07, 6.45) is 0.893. The Morgan fingerprint density at radius 2 is 2.00 bits per heavy atom. The van der Waals surface area contributed by atoms with Gasteiger partial charge >= 0.3 is 0 Å². The lowest BCUT2D eigenvalue weighted by atomic mass is 10.0. The maximum absolute atomic E-state index is 12.1. The van der Waals surface area contributed by atoms with Crippen molar-refractivity contribution in [3.63, 3.8) is 0 Å². The average Bonchev–Trinajstić information content (AvgIpc) is 2.36. The molecule has 0 bridgehead atoms. The van der Waals surface area contributed by atoms with Gasteiger partial charge in [0.1, 0.15) is 0 Å². The largest absolute Gasteiger partial charge is 0.375 e. The number of ether oxygens (including phenoxy) is 1. The van der Waals surface area contributed by atoms with Gasteiger partial charge in [0, 0.05) is 12.4 Å². The van der Waals surface area contributed by atoms with Gasteiger partial charge in [-0.2, -0.15) is 0 Å². The van der Waals surface area contributed by atoms with E-state index < -0.39 is 0 Å². The first-order chi connectivity index (χ1) is 7.79. The van der Waals surface area contributed by atoms with Gasteiger partial charge < -0.3 is 9.30 Å². The van der Waals surface area contributed by atoms with Crippen molar-refractivity contribution in [2.24, 2.45) is 7.05 Å². The highest BCUT2D eigenvalue weighted by molar-refractivity contribution is 5.85. The van der Waals surface area contributed by atoms with Crippen molar-refractivity contribution in [2.45, 2.75) is 13.0 Å². The van der Waals surface area contributed by atoms with Crippen molar-refractivity contribution in [1.29, 1.82) is 0 Å². The van der Waals surface area contributed by atoms with E-state index in [1.807, 2.05) is 31.3 Å². The van der Waals surface area contributed by atoms with Crippen LogP contribution in [-0.2, 0) is 24.8 Å². The van der Waals surface area contributed by atoms with Crippen LogP contribution in [0.2, 0.25) is 0 Å². The predicted octanol–water partition coefficient (Wildman–Crippen LogP) is 1.61. The Labute approximate surface area is 93.3 Å². The molecule has 2 heterocycles. The maximum atomic E-state index is 12.1. The van der Waals surface area contributed by atoms with Crippen LogP contribution in [0, 0.1) is 0 Å². The molecule has 1 aromatic carbocycles. The van der Waals surface area contributed by atoms with Crippen LogP contribution >= 0.6 is 0 Å². The van der Waals surface area contributed by atoms with E-state index in [1.54, 1.807) is 4.57 Å². The standard InChI is InChI=1S/C13H13NO2/c1-14-12-8-16-7-6-10(12)9-4-2-3-5-11(9)13(14)15/h2-5H,6-8H2,1H3. The SMILES string of the molecule is Cn1c2c(c3ccccc3c1=O)CCOC2. The fourth-order valence-corrected chi connectivity index (χ4v) is 2.40. The summed E-state index contributed by atoms with van der Waals surface area (Å²) in [6, 6.07) is 7.82. The Morgan fingerprint density at radius 3 is 2.81 bits per heavy atom. The average molecular weight is 215 g/mol. The molecule has 0 atom stereocenters. The summed E-state index contributed by atoms with van der Waals surface area (Å²) >= 11 is 0. The molecule has 2 aromatic rings. The second-order valence-electron chi connectivity index (χ2n) is 4.14. The van der Waals surface area contributed by atoms with Crippen LogP contribution in [0.3, 0.4) is 0 Å². The van der Waals surface area contributed by atoms with Gasteiger partial charge in [0.05, 0.1) is 18.9 Å². The first-order valence-corrected chi connectivity index (χ1v) is 5.46. The van der Waals surface area contributed by atoms with Crippen molar-refractivity contribution in [1.82, 2.24) is 4.57 Å². The van der Waals surface area contributed by atoms with Gasteiger partial charge in [0.15, 0.2) is 0 Å². The summed E-state index contributed by atoms with van der Waals surface area (Å²) in [4.78, 5) is 12.1. The number of hydrogen-bond acceptors (Lipinski definition) is 2. The molecule has 0 unspecified atom stereocenters. The molecule has 0 N–H and O–H groups in total. The third-order valence-corrected chi connectivity index (χ3v) is 3.28. The number of aromatic nitrogens is 1. The Balaban J connectivity index is 2.50. The summed E-state index contributed by atoms with van der Waals surface area (Å²) in [5, 5.41) is 1.90. The van der Waals surface area contributed by atoms with Crippen LogP contribution < -0.4 is 5.56 Å². The first-order valence-electron chi connectivity index (χ1n) is 5.46. The van der Waals surface area contributed by atoms with Crippen LogP contribution in [0.4, 0.5) is 0 Å². The Morgan fingerprint density at radius 1 is 1.25 bits per heavy atom. The summed E-state index contributed by atoms with van der Waals surface area (Å²) in [5.74, 6) is 0. The van der Waals surface area contributed by atoms with Gasteiger partial charge in [-0.1, -0.05) is 18.2 Å². The number of rotatable bonds is 0. The molecule has 16 heavy (non-hydrogen) atoms. The number of fused-ring (bicyclic) bond motifs is 3. The minimum absolute atomic E-state index is 0.0693. The number of pyridine rings is 1. The molecule has 0 fully saturated rings. The van der Waals surface area contributed by atoms with E-state index in [9.17, 15) is 4.79 Å². The molecule has 3 rings (SSSR count). The normalized spacial score (nSPS) is 15.1. The third-order valence-electron chi connectivity index (χ3n) is 3.28. The highest BCUT2D eigenvalue weighted by Gasteiger charge is 2.17. The minimum atomic E-state index is 0.0693. The highest BCUT2D eigenvalue weighted by Crippen LogP contribution is 2.23. The molecule has 3 heteroatoms. The van der Waals surface area contributed by atoms with E-state index in [2.05, 4.69) is 0 Å². The Bertz CT molecular complexity index is 613. The van der Waals surface area contributed by atoms with Gasteiger partial charge in [-0.3, -0.25) is 4.79 Å². The molecule has 3 nitrogen and oxygen atoms in total. The second-order valence-corrected chi connectivity index (χ2v) is 4.14. The summed E-state index contributed by atoms with van der Waals surface area (Å²) < 4.78 is 7.14. The van der Waals surface area contributed by atoms with Gasteiger partial charge in [-0.05, 0) is 23.4 Å². The van der Waals surface area contributed by atoms with E-state index in [0.29, 0.717) is 6.61 Å². The van der Waals surface area contributed by atoms with Crippen LogP contribution in [0.1, 0.15) is 11.3 Å². The molecule has 1 aliphatic heterocycles. The van der Waals surface area contributed by atoms with E-state index in [4.69, 9.17) is 4.74 Å². The second kappa shape index (κ2) is 3.46. The molecule has 0 saturated carbocycles. The van der Waals surface area contributed by atoms with Crippen LogP contribution in [0.25, 0.3) is 10.8 Å². The fraction of sp³-hybridized carbons (Fsp3) is 0.308. The highest BCUT2D eigenvalue weighted by atomic mass is 16.5. The van der Waals surface area contributed by atoms with E-state index >= 15 is 0 Å². The number of benzene rings is 1. The molecule has 1 aliphatic rings. The molecule has 0 amide bonds. The zero-order valence-corrected chi connectivity index (χ0v) is 9.19. The molecular weight excluding hydrogens is 202 g/mol. The van der Waals surface area contributed by atoms with E-state index in [1.165, 1.54) is 5.56 Å². The van der Waals surface area contributed by atoms with Crippen molar-refractivity contribution in [3.05, 3.63) is 45.9 Å². The molecule has 0 aliphatic carbocycles. The van der Waals surface area contributed by atoms with E-state index in [-0.39, 0.29) is 5.56 Å². The molecule has 82 valence electrons. The van der Waals surface area contributed by atoms with Crippen LogP contribution in [-0.4, -0.2) is 11.2 Å². The maximum Gasteiger partial charge on any atom is 0.258 e. The van der Waals surface area contributed by atoms with Gasteiger partial charge in [0.25, 0.3) is 5.56 Å². The van der Waals surface area contributed by atoms with Crippen molar-refractivity contribution >= 4 is 10.8 Å². The topological polar surface area (TPSA) is 31.2 Å². The quantitative estimate of drug-likeness (QED) is 0.668. The van der Waals surface area contributed by atoms with Crippen molar-refractivity contribution in [3.8, 4) is 0 Å². The monoisotopic (exact) mass is 215 g/mol. The fourth-order valence-electron chi connectivity index (χ4n) is 2.40. The minimum Gasteiger partial charge on any atom is -0.375 e. The van der Waals surface area contributed by atoms with Crippen molar-refractivity contribution < 1.29 is 4.74 Å². The lowest BCUT2D eigenvalue weighted by Crippen LogP contribution is -2.26. The summed E-state index contributed by atoms with van der Waals surface area (Å²) in [5.41, 5.74) is 2.36. The van der Waals surface area contributed by atoms with Gasteiger partial charge in [0.2, 0.25) is 0 Å². The summed E-state index contributed by atoms with van der Waals surface area (Å²) in [6.45, 7) is 1.29. The van der Waals surface area contributed by atoms with Crippen LogP contribution in [0.5, 0.6) is 0 Å². The first kappa shape index (κ1) is 9.60. The zero-order valence-electron chi connectivity index (χ0n) is 9.19. The predicted molar refractivity (Wildman–Crippen MR) is 62.5 cm³/mol. The van der Waals surface area contributed by atoms with Crippen LogP contribution in [0.15, 0.2) is 29.1 Å². The lowest BCUT2D eigenvalue weighted by molar-refractivity contribution is 0.105. The third kappa shape index (κ3) is 1.21. The summed E-state index contributed by atoms with van der Waals surface area (Å²) in [7, 11) is 1.82. The molecular formula is C13H13NO2. The number of nitrogens with zero attached hydrogens (tertiary/aromatic N) is 1. The molecule has 1 aromatic heterocycles. The molecule has 0 radical (unpaired) electrons. The Kier molecular flexibility index (Phi) is 2.07. The van der Waals surface area contributed by atoms with Gasteiger partial charge in [-0.25, -0.2) is 0 Å². The molecule has 0 spiro atoms. The lowest BCUT2D eigenvalue weighted by Gasteiger charge is -2.21. The number of hydrogen-bond donors (Lipinski definition) is 0. The van der Waals surface area contributed by atoms with Gasteiger partial charge in [-0.15, -0.1) is 0 Å².